The number of nitrogens with zero attached hydrogens (tertiary/aromatic N) is 1. The summed E-state index contributed by atoms with van der Waals surface area (Å²) in [5, 5.41) is -0.147. The number of ether oxygens (including phenoxy) is 1. The predicted octanol–water partition coefficient (Wildman–Crippen LogP) is 3.94. The fourth-order valence-corrected chi connectivity index (χ4v) is 1.07. The van der Waals surface area contributed by atoms with Gasteiger partial charge < -0.3 is 15.3 Å². The first kappa shape index (κ1) is 21.3. The topological polar surface area (TPSA) is 63.0 Å². The number of pyridine rings is 1. The van der Waals surface area contributed by atoms with E-state index in [1.54, 1.807) is 13.3 Å². The Kier molecular flexibility index (Phi) is 10.5. The molecule has 0 aliphatic carbocycles. The zero-order valence-electron chi connectivity index (χ0n) is 10.6. The zero-order valence-corrected chi connectivity index (χ0v) is 12.4. The average molecular weight is 353 g/mol. The quantitative estimate of drug-likeness (QED) is 0.611. The maximum absolute atomic E-state index is 12.2. The van der Waals surface area contributed by atoms with Crippen LogP contribution >= 0.6 is 11.6 Å². The Hall–Kier alpha value is -0.981. The zero-order chi connectivity index (χ0) is 15.1. The van der Waals surface area contributed by atoms with Gasteiger partial charge in [-0.25, -0.2) is 4.98 Å². The van der Waals surface area contributed by atoms with Gasteiger partial charge in [-0.15, -0.1) is 0 Å². The van der Waals surface area contributed by atoms with Crippen LogP contribution in [0.3, 0.4) is 0 Å². The fourth-order valence-electron chi connectivity index (χ4n) is 0.849. The minimum atomic E-state index is -4.44. The standard InChI is InChI=1S/C9H8ClF3NO.C2H5NO.Fe/c1-2-3-15-8-7(10)4-6(5-14-8)9(11,12)13;1-2(3)4;/h2,4-5H,3H2,1H3;1H3,(H2,3,4);/q-1;;+2/p-1. The molecule has 0 saturated carbocycles. The Bertz CT molecular complexity index is 427. The van der Waals surface area contributed by atoms with Crippen molar-refractivity contribution < 1.29 is 39.8 Å². The number of amides is 1. The summed E-state index contributed by atoms with van der Waals surface area (Å²) in [6.45, 7) is 3.19. The molecule has 1 heterocycles. The van der Waals surface area contributed by atoms with Crippen LogP contribution in [0.2, 0.25) is 5.02 Å². The van der Waals surface area contributed by atoms with Crippen LogP contribution in [0.1, 0.15) is 19.4 Å². The SMILES string of the molecule is CC([NH-])=O.C[CH-]COc1ncc(C(F)(F)F)cc1Cl.[Fe+2]. The molecule has 0 aliphatic rings. The van der Waals surface area contributed by atoms with Gasteiger partial charge >= 0.3 is 23.2 Å². The van der Waals surface area contributed by atoms with Crippen LogP contribution in [0, 0.1) is 6.42 Å². The van der Waals surface area contributed by atoms with Crippen LogP contribution in [0.15, 0.2) is 12.3 Å². The molecule has 0 fully saturated rings. The Morgan fingerprint density at radius 2 is 2.05 bits per heavy atom. The molecule has 20 heavy (non-hydrogen) atoms. The molecule has 1 aromatic heterocycles. The molecule has 0 bridgehead atoms. The van der Waals surface area contributed by atoms with Gasteiger partial charge in [-0.3, -0.25) is 6.42 Å². The normalized spacial score (nSPS) is 9.90. The number of rotatable bonds is 3. The van der Waals surface area contributed by atoms with Crippen LogP contribution in [0.25, 0.3) is 5.73 Å². The molecule has 0 aliphatic heterocycles. The summed E-state index contributed by atoms with van der Waals surface area (Å²) >= 11 is 5.57. The number of nitrogens with one attached hydrogen (secondary N) is 1. The molecule has 0 unspecified atom stereocenters. The summed E-state index contributed by atoms with van der Waals surface area (Å²) in [4.78, 5) is 12.6. The van der Waals surface area contributed by atoms with Gasteiger partial charge in [-0.1, -0.05) is 11.6 Å². The number of carbonyl (C=O) groups is 1. The molecule has 0 atom stereocenters. The molecule has 1 amide bonds. The van der Waals surface area contributed by atoms with Gasteiger partial charge in [0.05, 0.1) is 5.56 Å². The summed E-state index contributed by atoms with van der Waals surface area (Å²) in [5.74, 6) is -0.581. The number of halogens is 4. The van der Waals surface area contributed by atoms with E-state index in [-0.39, 0.29) is 34.6 Å². The largest absolute Gasteiger partial charge is 2.00 e. The summed E-state index contributed by atoms with van der Waals surface area (Å²) < 4.78 is 41.6. The van der Waals surface area contributed by atoms with Crippen molar-refractivity contribution in [1.82, 2.24) is 4.98 Å². The number of hydrogen-bond donors (Lipinski definition) is 0. The number of carbonyl (C=O) groups excluding carboxylic acids is 1. The molecule has 1 aromatic rings. The Labute approximate surface area is 130 Å². The number of hydrogen-bond acceptors (Lipinski definition) is 3. The molecular weight excluding hydrogens is 340 g/mol. The van der Waals surface area contributed by atoms with E-state index in [1.165, 1.54) is 6.92 Å². The van der Waals surface area contributed by atoms with Gasteiger partial charge in [0.2, 0.25) is 5.88 Å². The third kappa shape index (κ3) is 9.01. The molecule has 9 heteroatoms. The molecule has 1 rings (SSSR count). The summed E-state index contributed by atoms with van der Waals surface area (Å²) in [6.07, 6.45) is -2.06. The van der Waals surface area contributed by atoms with E-state index in [1.807, 2.05) is 0 Å². The first-order valence-electron chi connectivity index (χ1n) is 5.04. The van der Waals surface area contributed by atoms with Gasteiger partial charge in [0.15, 0.2) is 0 Å². The smallest absolute Gasteiger partial charge is 0.668 e. The maximum Gasteiger partial charge on any atom is 2.00 e. The molecule has 1 N–H and O–H groups in total. The number of alkyl halides is 3. The molecule has 114 valence electrons. The maximum atomic E-state index is 12.2. The molecule has 0 spiro atoms. The van der Waals surface area contributed by atoms with Gasteiger partial charge in [-0.05, 0) is 19.6 Å². The first-order chi connectivity index (χ1) is 8.68. The summed E-state index contributed by atoms with van der Waals surface area (Å²) in [7, 11) is 0. The van der Waals surface area contributed by atoms with E-state index in [0.717, 1.165) is 6.07 Å². The molecule has 0 radical (unpaired) electrons. The molecule has 4 nitrogen and oxygen atoms in total. The van der Waals surface area contributed by atoms with Crippen molar-refractivity contribution >= 4 is 17.5 Å². The van der Waals surface area contributed by atoms with Crippen molar-refractivity contribution in [3.63, 3.8) is 0 Å². The Morgan fingerprint density at radius 1 is 1.55 bits per heavy atom. The average Bonchev–Trinajstić information content (AvgIpc) is 2.25. The van der Waals surface area contributed by atoms with Gasteiger partial charge in [-0.2, -0.15) is 20.1 Å². The third-order valence-electron chi connectivity index (χ3n) is 1.52. The van der Waals surface area contributed by atoms with Crippen LogP contribution in [-0.2, 0) is 28.0 Å². The van der Waals surface area contributed by atoms with Crippen LogP contribution in [0.4, 0.5) is 13.2 Å². The van der Waals surface area contributed by atoms with Crippen LogP contribution < -0.4 is 4.74 Å². The second-order valence-electron chi connectivity index (χ2n) is 3.28. The monoisotopic (exact) mass is 352 g/mol. The fraction of sp³-hybridized carbons (Fsp3) is 0.364. The summed E-state index contributed by atoms with van der Waals surface area (Å²) in [5.41, 5.74) is 5.06. The molecule has 0 saturated heterocycles. The number of aromatic nitrogens is 1. The van der Waals surface area contributed by atoms with E-state index >= 15 is 0 Å². The van der Waals surface area contributed by atoms with Crippen molar-refractivity contribution in [2.75, 3.05) is 6.61 Å². The Balaban J connectivity index is 0. The molecular formula is C11H12ClF3FeN2O2. The van der Waals surface area contributed by atoms with E-state index in [2.05, 4.69) is 4.98 Å². The van der Waals surface area contributed by atoms with E-state index in [9.17, 15) is 13.2 Å². The van der Waals surface area contributed by atoms with Gasteiger partial charge in [0.1, 0.15) is 5.02 Å². The first-order valence-corrected chi connectivity index (χ1v) is 5.41. The van der Waals surface area contributed by atoms with Crippen LogP contribution in [0.5, 0.6) is 5.88 Å². The Morgan fingerprint density at radius 3 is 2.40 bits per heavy atom. The van der Waals surface area contributed by atoms with Gasteiger partial charge in [0, 0.05) is 12.1 Å². The molecule has 0 aromatic carbocycles. The van der Waals surface area contributed by atoms with E-state index in [4.69, 9.17) is 26.9 Å². The van der Waals surface area contributed by atoms with E-state index < -0.39 is 17.6 Å². The second kappa shape index (κ2) is 9.85. The van der Waals surface area contributed by atoms with Gasteiger partial charge in [0.25, 0.3) is 0 Å². The van der Waals surface area contributed by atoms with Crippen LogP contribution in [-0.4, -0.2) is 17.5 Å². The summed E-state index contributed by atoms with van der Waals surface area (Å²) in [6, 6.07) is 0.791. The van der Waals surface area contributed by atoms with Crippen molar-refractivity contribution in [1.29, 1.82) is 0 Å². The minimum absolute atomic E-state index is 0. The second-order valence-corrected chi connectivity index (χ2v) is 3.69. The van der Waals surface area contributed by atoms with Crippen molar-refractivity contribution in [2.24, 2.45) is 0 Å². The van der Waals surface area contributed by atoms with Crippen molar-refractivity contribution in [3.05, 3.63) is 35.0 Å². The predicted molar refractivity (Wildman–Crippen MR) is 64.7 cm³/mol. The van der Waals surface area contributed by atoms with E-state index in [0.29, 0.717) is 6.20 Å². The third-order valence-corrected chi connectivity index (χ3v) is 1.79. The van der Waals surface area contributed by atoms with Crippen molar-refractivity contribution in [2.45, 2.75) is 20.0 Å². The minimum Gasteiger partial charge on any atom is -0.668 e. The van der Waals surface area contributed by atoms with Crippen molar-refractivity contribution in [3.8, 4) is 5.88 Å².